The third-order valence-corrected chi connectivity index (χ3v) is 3.58. The fourth-order valence-electron chi connectivity index (χ4n) is 2.45. The molecule has 1 atom stereocenters. The Morgan fingerprint density at radius 1 is 0.909 bits per heavy atom. The second-order valence-electron chi connectivity index (χ2n) is 5.20. The molecule has 0 bridgehead atoms. The number of carboxylic acid groups (broad SMARTS) is 1. The van der Waals surface area contributed by atoms with Gasteiger partial charge in [-0.3, -0.25) is 9.59 Å². The van der Waals surface area contributed by atoms with Crippen molar-refractivity contribution in [2.45, 2.75) is 24.8 Å². The molecule has 0 heterocycles. The Bertz CT molecular complexity index is 586. The molecule has 0 fully saturated rings. The van der Waals surface area contributed by atoms with Crippen molar-refractivity contribution >= 4 is 11.8 Å². The largest absolute Gasteiger partial charge is 0.481 e. The van der Waals surface area contributed by atoms with Gasteiger partial charge in [0.2, 0.25) is 0 Å². The zero-order valence-corrected chi connectivity index (χ0v) is 12.2. The van der Waals surface area contributed by atoms with E-state index in [4.69, 9.17) is 10.8 Å². The van der Waals surface area contributed by atoms with Crippen LogP contribution in [0.4, 0.5) is 0 Å². The number of nitrogens with two attached hydrogens (primary N) is 1. The first-order valence-corrected chi connectivity index (χ1v) is 7.20. The number of hydrogen-bond donors (Lipinski definition) is 2. The molecule has 0 radical (unpaired) electrons. The SMILES string of the molecule is NC(CCC(=O)O)C(=O)C(c1ccccc1)c1ccccc1. The molecule has 0 aliphatic carbocycles. The number of rotatable bonds is 7. The molecule has 4 heteroatoms. The fourth-order valence-corrected chi connectivity index (χ4v) is 2.45. The quantitative estimate of drug-likeness (QED) is 0.823. The van der Waals surface area contributed by atoms with Crippen molar-refractivity contribution in [2.24, 2.45) is 5.73 Å². The monoisotopic (exact) mass is 297 g/mol. The van der Waals surface area contributed by atoms with Crippen LogP contribution in [0.1, 0.15) is 29.9 Å². The normalized spacial score (nSPS) is 12.1. The van der Waals surface area contributed by atoms with Crippen LogP contribution in [-0.4, -0.2) is 22.9 Å². The molecule has 0 aromatic heterocycles. The van der Waals surface area contributed by atoms with Gasteiger partial charge in [0.25, 0.3) is 0 Å². The summed E-state index contributed by atoms with van der Waals surface area (Å²) in [4.78, 5) is 23.4. The van der Waals surface area contributed by atoms with Crippen LogP contribution in [0.15, 0.2) is 60.7 Å². The Morgan fingerprint density at radius 3 is 1.77 bits per heavy atom. The molecular formula is C18H19NO3. The highest BCUT2D eigenvalue weighted by Gasteiger charge is 2.27. The van der Waals surface area contributed by atoms with E-state index in [1.807, 2.05) is 60.7 Å². The lowest BCUT2D eigenvalue weighted by Gasteiger charge is -2.20. The Labute approximate surface area is 129 Å². The molecule has 3 N–H and O–H groups in total. The number of carboxylic acids is 1. The predicted molar refractivity (Wildman–Crippen MR) is 84.6 cm³/mol. The molecule has 2 aromatic rings. The molecule has 0 saturated heterocycles. The number of ketones is 1. The Balaban J connectivity index is 2.29. The number of Topliss-reactive ketones (excluding diaryl/α,β-unsaturated/α-hetero) is 1. The van der Waals surface area contributed by atoms with E-state index >= 15 is 0 Å². The highest BCUT2D eigenvalue weighted by Crippen LogP contribution is 2.27. The van der Waals surface area contributed by atoms with Crippen LogP contribution in [-0.2, 0) is 9.59 Å². The molecule has 114 valence electrons. The van der Waals surface area contributed by atoms with E-state index in [1.54, 1.807) is 0 Å². The molecule has 1 unspecified atom stereocenters. The molecule has 2 aromatic carbocycles. The molecule has 0 aliphatic rings. The molecule has 2 rings (SSSR count). The number of carbonyl (C=O) groups is 2. The Morgan fingerprint density at radius 2 is 1.36 bits per heavy atom. The predicted octanol–water partition coefficient (Wildman–Crippen LogP) is 2.58. The van der Waals surface area contributed by atoms with Crippen molar-refractivity contribution < 1.29 is 14.7 Å². The fraction of sp³-hybridized carbons (Fsp3) is 0.222. The Kier molecular flexibility index (Phi) is 5.44. The van der Waals surface area contributed by atoms with Gasteiger partial charge in [-0.25, -0.2) is 0 Å². The van der Waals surface area contributed by atoms with Gasteiger partial charge in [-0.1, -0.05) is 60.7 Å². The molecule has 0 spiro atoms. The van der Waals surface area contributed by atoms with E-state index in [0.717, 1.165) is 11.1 Å². The zero-order valence-electron chi connectivity index (χ0n) is 12.2. The summed E-state index contributed by atoms with van der Waals surface area (Å²) in [5.74, 6) is -1.57. The van der Waals surface area contributed by atoms with Crippen LogP contribution in [0.3, 0.4) is 0 Å². The van der Waals surface area contributed by atoms with Gasteiger partial charge in [-0.05, 0) is 17.5 Å². The Hall–Kier alpha value is -2.46. The van der Waals surface area contributed by atoms with E-state index in [9.17, 15) is 9.59 Å². The standard InChI is InChI=1S/C18H19NO3/c19-15(11-12-16(20)21)18(22)17(13-7-3-1-4-8-13)14-9-5-2-6-10-14/h1-10,15,17H,11-12,19H2,(H,20,21). The molecule has 0 aliphatic heterocycles. The second-order valence-corrected chi connectivity index (χ2v) is 5.20. The summed E-state index contributed by atoms with van der Waals surface area (Å²) in [5, 5.41) is 8.75. The maximum atomic E-state index is 12.7. The highest BCUT2D eigenvalue weighted by atomic mass is 16.4. The molecule has 0 saturated carbocycles. The molecular weight excluding hydrogens is 278 g/mol. The minimum Gasteiger partial charge on any atom is -0.481 e. The smallest absolute Gasteiger partial charge is 0.303 e. The average molecular weight is 297 g/mol. The van der Waals surface area contributed by atoms with Gasteiger partial charge in [0.1, 0.15) is 0 Å². The maximum absolute atomic E-state index is 12.7. The van der Waals surface area contributed by atoms with Crippen molar-refractivity contribution in [3.63, 3.8) is 0 Å². The van der Waals surface area contributed by atoms with E-state index in [2.05, 4.69) is 0 Å². The van der Waals surface area contributed by atoms with Crippen LogP contribution in [0, 0.1) is 0 Å². The van der Waals surface area contributed by atoms with Gasteiger partial charge in [-0.15, -0.1) is 0 Å². The van der Waals surface area contributed by atoms with Crippen molar-refractivity contribution in [3.05, 3.63) is 71.8 Å². The van der Waals surface area contributed by atoms with E-state index in [-0.39, 0.29) is 18.6 Å². The maximum Gasteiger partial charge on any atom is 0.303 e. The van der Waals surface area contributed by atoms with E-state index in [0.29, 0.717) is 0 Å². The van der Waals surface area contributed by atoms with Crippen LogP contribution in [0.25, 0.3) is 0 Å². The minimum absolute atomic E-state index is 0.108. The van der Waals surface area contributed by atoms with Gasteiger partial charge < -0.3 is 10.8 Å². The molecule has 0 amide bonds. The van der Waals surface area contributed by atoms with Crippen LogP contribution in [0.2, 0.25) is 0 Å². The summed E-state index contributed by atoms with van der Waals surface area (Å²) in [5.41, 5.74) is 7.66. The van der Waals surface area contributed by atoms with Gasteiger partial charge in [0.05, 0.1) is 12.0 Å². The summed E-state index contributed by atoms with van der Waals surface area (Å²) in [6, 6.07) is 18.0. The van der Waals surface area contributed by atoms with Crippen molar-refractivity contribution in [1.82, 2.24) is 0 Å². The summed E-state index contributed by atoms with van der Waals surface area (Å²) < 4.78 is 0. The van der Waals surface area contributed by atoms with Gasteiger partial charge >= 0.3 is 5.97 Å². The lowest BCUT2D eigenvalue weighted by molar-refractivity contribution is -0.137. The molecule has 4 nitrogen and oxygen atoms in total. The summed E-state index contributed by atoms with van der Waals surface area (Å²) in [6.45, 7) is 0. The summed E-state index contributed by atoms with van der Waals surface area (Å²) in [7, 11) is 0. The first-order chi connectivity index (χ1) is 10.6. The van der Waals surface area contributed by atoms with E-state index in [1.165, 1.54) is 0 Å². The lowest BCUT2D eigenvalue weighted by atomic mass is 9.84. The summed E-state index contributed by atoms with van der Waals surface area (Å²) >= 11 is 0. The topological polar surface area (TPSA) is 80.4 Å². The highest BCUT2D eigenvalue weighted by molar-refractivity contribution is 5.93. The first kappa shape index (κ1) is 15.9. The average Bonchev–Trinajstić information content (AvgIpc) is 2.54. The minimum atomic E-state index is -0.945. The van der Waals surface area contributed by atoms with Gasteiger partial charge in [0, 0.05) is 6.42 Å². The first-order valence-electron chi connectivity index (χ1n) is 7.20. The zero-order chi connectivity index (χ0) is 15.9. The number of benzene rings is 2. The van der Waals surface area contributed by atoms with Crippen LogP contribution >= 0.6 is 0 Å². The van der Waals surface area contributed by atoms with E-state index < -0.39 is 17.9 Å². The third-order valence-electron chi connectivity index (χ3n) is 3.58. The van der Waals surface area contributed by atoms with Crippen molar-refractivity contribution in [1.29, 1.82) is 0 Å². The lowest BCUT2D eigenvalue weighted by Crippen LogP contribution is -2.35. The number of hydrogen-bond acceptors (Lipinski definition) is 3. The number of carbonyl (C=O) groups excluding carboxylic acids is 1. The van der Waals surface area contributed by atoms with Crippen molar-refractivity contribution in [2.75, 3.05) is 0 Å². The van der Waals surface area contributed by atoms with Crippen LogP contribution in [0.5, 0.6) is 0 Å². The van der Waals surface area contributed by atoms with Crippen molar-refractivity contribution in [3.8, 4) is 0 Å². The summed E-state index contributed by atoms with van der Waals surface area (Å²) in [6.07, 6.45) is 0.0353. The number of aliphatic carboxylic acids is 1. The third kappa shape index (κ3) is 4.02. The van der Waals surface area contributed by atoms with Gasteiger partial charge in [0.15, 0.2) is 5.78 Å². The van der Waals surface area contributed by atoms with Crippen LogP contribution < -0.4 is 5.73 Å². The van der Waals surface area contributed by atoms with Gasteiger partial charge in [-0.2, -0.15) is 0 Å². The second kappa shape index (κ2) is 7.52. The molecule has 22 heavy (non-hydrogen) atoms.